The van der Waals surface area contributed by atoms with Crippen molar-refractivity contribution in [1.82, 2.24) is 0 Å². The van der Waals surface area contributed by atoms with E-state index in [1.165, 1.54) is 0 Å². The number of aryl methyl sites for hydroxylation is 1. The molecule has 2 rings (SSSR count). The largest absolute Gasteiger partial charge is 0.693 e. The number of halogens is 10. The van der Waals surface area contributed by atoms with E-state index < -0.39 is 56.8 Å². The van der Waals surface area contributed by atoms with Gasteiger partial charge in [0.25, 0.3) is 0 Å². The Morgan fingerprint density at radius 2 is 0.817 bits per heavy atom. The Balaban J connectivity index is -0.000000100. The number of rotatable bonds is 22. The molecule has 0 radical (unpaired) electrons. The monoisotopic (exact) mass is 1500 g/mol. The van der Waals surface area contributed by atoms with Gasteiger partial charge in [-0.3, -0.25) is 19.2 Å². The van der Waals surface area contributed by atoms with E-state index in [-0.39, 0.29) is 42.8 Å². The van der Waals surface area contributed by atoms with E-state index in [0.29, 0.717) is 36.4 Å². The van der Waals surface area contributed by atoms with Crippen LogP contribution >= 0.6 is 116 Å². The van der Waals surface area contributed by atoms with Crippen molar-refractivity contribution in [1.29, 1.82) is 0 Å². The zero-order valence-electron chi connectivity index (χ0n) is 32.4. The standard InChI is InChI=1S/C14H19Cl2NO2.C12H15Cl2NO2.C6H11BrO2.C2H3BrO2.4ClH.4H2N.2Pt/c15-8-10-17(11-9-16)13-6-4-12(5-7-13)2-1-3-14(18)19;13-5-7-15(8-6-14)11-3-1-10(2-4-11)9-12(16)17;7-5-3-1-2-4-6(8)9;3-1-2(4)5;;;;;;;;;;/h4-7H,1-3,8-11H2,(H,18,19);1-4H,5-9H2,(H,16,17);1-5H2,(H,8,9);1H2,(H,4,5);4*1H;4*1H2;;/q;;;;;;;;4*-1;2*+4/p-4. The molecule has 360 valence electrons. The van der Waals surface area contributed by atoms with Gasteiger partial charge in [-0.15, -0.1) is 46.4 Å². The van der Waals surface area contributed by atoms with Crippen LogP contribution in [0.4, 0.5) is 11.4 Å². The molecular weight excluding hydrogens is 1450 g/mol. The van der Waals surface area contributed by atoms with Crippen molar-refractivity contribution in [2.45, 2.75) is 51.4 Å². The maximum absolute atomic E-state index is 10.5. The van der Waals surface area contributed by atoms with Gasteiger partial charge in [-0.1, -0.05) is 62.5 Å². The second kappa shape index (κ2) is 59.4. The Morgan fingerprint density at radius 1 is 0.500 bits per heavy atom. The van der Waals surface area contributed by atoms with Gasteiger partial charge in [0.2, 0.25) is 0 Å². The van der Waals surface area contributed by atoms with Gasteiger partial charge in [0.05, 0.1) is 6.42 Å². The molecule has 0 fully saturated rings. The van der Waals surface area contributed by atoms with Crippen LogP contribution in [0.2, 0.25) is 0 Å². The summed E-state index contributed by atoms with van der Waals surface area (Å²) in [7, 11) is 19.5. The van der Waals surface area contributed by atoms with Crippen LogP contribution in [0.1, 0.15) is 49.7 Å². The Morgan fingerprint density at radius 3 is 1.08 bits per heavy atom. The first-order valence-corrected chi connectivity index (χ1v) is 31.9. The number of aliphatic carboxylic acids is 4. The smallest absolute Gasteiger partial charge is 0.693 e. The minimum absolute atomic E-state index is 0. The van der Waals surface area contributed by atoms with Crippen LogP contribution in [-0.4, -0.2) is 105 Å². The van der Waals surface area contributed by atoms with Gasteiger partial charge in [-0.05, 0) is 61.1 Å². The van der Waals surface area contributed by atoms with Crippen LogP contribution in [0.15, 0.2) is 48.5 Å². The number of carboxylic acid groups (broad SMARTS) is 4. The third kappa shape index (κ3) is 56.4. The molecule has 14 nitrogen and oxygen atoms in total. The summed E-state index contributed by atoms with van der Waals surface area (Å²) in [6.07, 6.45) is 4.93. The molecule has 0 heterocycles. The minimum atomic E-state index is -0.829. The van der Waals surface area contributed by atoms with Gasteiger partial charge in [0.15, 0.2) is 0 Å². The molecule has 60 heavy (non-hydrogen) atoms. The molecule has 0 aromatic heterocycles. The van der Waals surface area contributed by atoms with Crippen molar-refractivity contribution >= 4 is 151 Å². The molecule has 0 spiro atoms. The number of nitrogens with two attached hydrogens (primary N) is 4. The second-order valence-corrected chi connectivity index (χ2v) is 19.8. The fraction of sp³-hybridized carbons (Fsp3) is 0.529. The molecule has 0 aliphatic heterocycles. The second-order valence-electron chi connectivity index (χ2n) is 10.4. The Kier molecular flexibility index (Phi) is 76.9. The molecule has 2 aromatic rings. The van der Waals surface area contributed by atoms with Crippen LogP contribution < -0.4 is 9.80 Å². The zero-order valence-corrected chi connectivity index (χ0v) is 46.1. The third-order valence-corrected chi connectivity index (χ3v) is 8.09. The summed E-state index contributed by atoms with van der Waals surface area (Å²) in [4.78, 5) is 44.5. The summed E-state index contributed by atoms with van der Waals surface area (Å²) >= 11 is 28.0. The van der Waals surface area contributed by atoms with Crippen molar-refractivity contribution < 1.29 is 72.6 Å². The molecule has 12 N–H and O–H groups in total. The molecule has 0 unspecified atom stereocenters. The number of benzene rings is 2. The van der Waals surface area contributed by atoms with Gasteiger partial charge in [0, 0.05) is 79.2 Å². The molecule has 0 amide bonds. The topological polar surface area (TPSA) is 290 Å². The van der Waals surface area contributed by atoms with Crippen molar-refractivity contribution in [3.05, 3.63) is 84.3 Å². The van der Waals surface area contributed by atoms with Gasteiger partial charge >= 0.3 is 94.5 Å². The number of nitrogens with zero attached hydrogens (tertiary/aromatic N) is 2. The van der Waals surface area contributed by atoms with Crippen LogP contribution in [0.25, 0.3) is 24.6 Å². The summed E-state index contributed by atoms with van der Waals surface area (Å²) in [5.74, 6) is -0.881. The molecule has 0 atom stereocenters. The molecule has 0 saturated carbocycles. The van der Waals surface area contributed by atoms with Crippen LogP contribution in [0, 0.1) is 0 Å². The molecule has 0 bridgehead atoms. The maximum atomic E-state index is 10.5. The Hall–Kier alpha value is 0.417. The molecular formula is C34H56Br2Cl8N6O8Pt2. The summed E-state index contributed by atoms with van der Waals surface area (Å²) in [5, 5.41) is 34.2. The summed E-state index contributed by atoms with van der Waals surface area (Å²) in [6.45, 7) is 3.00. The van der Waals surface area contributed by atoms with Crippen LogP contribution in [-0.2, 0) is 65.0 Å². The van der Waals surface area contributed by atoms with Crippen molar-refractivity contribution in [3.63, 3.8) is 0 Å². The van der Waals surface area contributed by atoms with Crippen molar-refractivity contribution in [2.75, 3.05) is 70.2 Å². The maximum Gasteiger partial charge on any atom is -0.693 e. The van der Waals surface area contributed by atoms with Gasteiger partial charge < -0.3 is 54.8 Å². The van der Waals surface area contributed by atoms with E-state index in [1.807, 2.05) is 48.5 Å². The minimum Gasteiger partial charge on any atom is -0.693 e. The molecule has 2 aromatic carbocycles. The molecule has 0 saturated heterocycles. The predicted octanol–water partition coefficient (Wildman–Crippen LogP) is 14.1. The summed E-state index contributed by atoms with van der Waals surface area (Å²) in [5.41, 5.74) is 4.06. The predicted molar refractivity (Wildman–Crippen MR) is 258 cm³/mol. The Labute approximate surface area is 425 Å². The van der Waals surface area contributed by atoms with E-state index >= 15 is 0 Å². The normalized spacial score (nSPS) is 8.97. The number of unbranched alkanes of at least 4 members (excludes halogenated alkanes) is 2. The first kappa shape index (κ1) is 77.6. The molecule has 0 aliphatic carbocycles. The first-order chi connectivity index (χ1) is 26.7. The SMILES string of the molecule is O=C(O)CBr.O=C(O)CCCCCBr.O=C(O)CCCc1ccc(N(CCCl)CCCl)cc1.O=C(O)Cc1ccc(N(CCCl)CCCl)cc1.[Cl][Pt+2][Cl].[Cl][Pt+2][Cl].[NH2-].[NH2-].[NH2-].[NH2-]. The fourth-order valence-electron chi connectivity index (χ4n) is 4.01. The molecule has 26 heteroatoms. The molecule has 0 aliphatic rings. The zero-order chi connectivity index (χ0) is 43.6. The van der Waals surface area contributed by atoms with E-state index in [4.69, 9.17) is 105 Å². The van der Waals surface area contributed by atoms with E-state index in [2.05, 4.69) is 41.7 Å². The number of hydrogen-bond acceptors (Lipinski definition) is 6. The number of alkyl halides is 6. The summed E-state index contributed by atoms with van der Waals surface area (Å²) in [6, 6.07) is 15.6. The van der Waals surface area contributed by atoms with Gasteiger partial charge in [0.1, 0.15) is 5.33 Å². The average Bonchev–Trinajstić information content (AvgIpc) is 3.15. The first-order valence-electron chi connectivity index (χ1n) is 16.3. The summed E-state index contributed by atoms with van der Waals surface area (Å²) < 4.78 is 0. The number of carbonyl (C=O) groups is 4. The number of anilines is 2. The van der Waals surface area contributed by atoms with E-state index in [9.17, 15) is 19.2 Å². The van der Waals surface area contributed by atoms with Crippen LogP contribution in [0.5, 0.6) is 0 Å². The average molecular weight is 1510 g/mol. The Bertz CT molecular complexity index is 1240. The fourth-order valence-corrected chi connectivity index (χ4v) is 5.22. The third-order valence-electron chi connectivity index (χ3n) is 6.37. The van der Waals surface area contributed by atoms with Crippen LogP contribution in [0.3, 0.4) is 0 Å². The van der Waals surface area contributed by atoms with Crippen molar-refractivity contribution in [2.24, 2.45) is 0 Å². The number of hydrogen-bond donors (Lipinski definition) is 4. The van der Waals surface area contributed by atoms with E-state index in [1.54, 1.807) is 0 Å². The number of carboxylic acids is 4. The van der Waals surface area contributed by atoms with Crippen molar-refractivity contribution in [3.8, 4) is 0 Å². The van der Waals surface area contributed by atoms with Gasteiger partial charge in [-0.25, -0.2) is 0 Å². The quantitative estimate of drug-likeness (QED) is 0.0638. The van der Waals surface area contributed by atoms with E-state index in [0.717, 1.165) is 79.7 Å². The van der Waals surface area contributed by atoms with Gasteiger partial charge in [-0.2, -0.15) is 0 Å².